The molecule has 0 amide bonds. The first kappa shape index (κ1) is 14.4. The van der Waals surface area contributed by atoms with Crippen LogP contribution in [0.25, 0.3) is 0 Å². The standard InChI is InChI=1S/C5H5ClN2O.C5H3ClN2O/c2*6-4-1-2-7-5(3-9)8-4/h1-2,9H,3H2;1-3H. The minimum absolute atomic E-state index is 0.113. The van der Waals surface area contributed by atoms with E-state index in [9.17, 15) is 4.79 Å². The number of halogens is 2. The average molecular weight is 287 g/mol. The number of aromatic nitrogens is 4. The van der Waals surface area contributed by atoms with Crippen LogP contribution in [0.3, 0.4) is 0 Å². The van der Waals surface area contributed by atoms with Gasteiger partial charge in [0.05, 0.1) is 0 Å². The van der Waals surface area contributed by atoms with Gasteiger partial charge in [-0.25, -0.2) is 19.9 Å². The first-order chi connectivity index (χ1) is 8.65. The van der Waals surface area contributed by atoms with E-state index in [1.165, 1.54) is 18.5 Å². The number of aliphatic hydroxyl groups is 1. The van der Waals surface area contributed by atoms with Gasteiger partial charge in [0.25, 0.3) is 0 Å². The van der Waals surface area contributed by atoms with E-state index in [0.29, 0.717) is 17.3 Å². The van der Waals surface area contributed by atoms with Gasteiger partial charge < -0.3 is 5.11 Å². The second-order valence-electron chi connectivity index (χ2n) is 2.81. The van der Waals surface area contributed by atoms with Gasteiger partial charge in [-0.3, -0.25) is 4.79 Å². The molecule has 0 radical (unpaired) electrons. The van der Waals surface area contributed by atoms with Crippen LogP contribution < -0.4 is 0 Å². The summed E-state index contributed by atoms with van der Waals surface area (Å²) in [5, 5.41) is 9.12. The van der Waals surface area contributed by atoms with E-state index >= 15 is 0 Å². The molecule has 18 heavy (non-hydrogen) atoms. The summed E-state index contributed by atoms with van der Waals surface area (Å²) in [5.41, 5.74) is 0. The molecule has 0 aliphatic heterocycles. The fraction of sp³-hybridized carbons (Fsp3) is 0.100. The summed E-state index contributed by atoms with van der Waals surface area (Å²) in [4.78, 5) is 24.6. The Labute approximate surface area is 113 Å². The molecule has 0 atom stereocenters. The van der Waals surface area contributed by atoms with E-state index in [4.69, 9.17) is 28.3 Å². The van der Waals surface area contributed by atoms with Gasteiger partial charge in [0, 0.05) is 12.4 Å². The van der Waals surface area contributed by atoms with Crippen molar-refractivity contribution < 1.29 is 9.90 Å². The molecule has 0 fully saturated rings. The van der Waals surface area contributed by atoms with E-state index in [2.05, 4.69) is 19.9 Å². The number of aldehydes is 1. The molecule has 6 nitrogen and oxygen atoms in total. The fourth-order valence-electron chi connectivity index (χ4n) is 0.858. The summed E-state index contributed by atoms with van der Waals surface area (Å²) in [6.07, 6.45) is 3.48. The fourth-order valence-corrected chi connectivity index (χ4v) is 1.15. The van der Waals surface area contributed by atoms with Crippen molar-refractivity contribution in [1.29, 1.82) is 0 Å². The van der Waals surface area contributed by atoms with Gasteiger partial charge >= 0.3 is 0 Å². The third-order valence-electron chi connectivity index (χ3n) is 1.56. The zero-order valence-electron chi connectivity index (χ0n) is 8.99. The van der Waals surface area contributed by atoms with Crippen LogP contribution in [0.1, 0.15) is 16.4 Å². The number of rotatable bonds is 2. The highest BCUT2D eigenvalue weighted by atomic mass is 35.5. The molecule has 0 aliphatic rings. The maximum Gasteiger partial charge on any atom is 0.194 e. The van der Waals surface area contributed by atoms with Crippen LogP contribution in [0, 0.1) is 0 Å². The van der Waals surface area contributed by atoms with Crippen LogP contribution in [-0.4, -0.2) is 31.3 Å². The van der Waals surface area contributed by atoms with Crippen LogP contribution in [0.2, 0.25) is 10.3 Å². The smallest absolute Gasteiger partial charge is 0.194 e. The third kappa shape index (κ3) is 5.13. The number of carbonyl (C=O) groups is 1. The van der Waals surface area contributed by atoms with Crippen LogP contribution in [0.5, 0.6) is 0 Å². The predicted molar refractivity (Wildman–Crippen MR) is 65.4 cm³/mol. The Morgan fingerprint density at radius 3 is 2.11 bits per heavy atom. The molecule has 2 aromatic heterocycles. The van der Waals surface area contributed by atoms with Gasteiger partial charge in [0.2, 0.25) is 0 Å². The summed E-state index contributed by atoms with van der Waals surface area (Å²) in [6.45, 7) is -0.166. The van der Waals surface area contributed by atoms with Crippen molar-refractivity contribution in [2.75, 3.05) is 0 Å². The summed E-state index contributed by atoms with van der Waals surface area (Å²) in [6, 6.07) is 3.06. The monoisotopic (exact) mass is 286 g/mol. The van der Waals surface area contributed by atoms with Gasteiger partial charge in [-0.1, -0.05) is 23.2 Å². The van der Waals surface area contributed by atoms with Crippen molar-refractivity contribution in [3.05, 3.63) is 46.5 Å². The lowest BCUT2D eigenvalue weighted by Gasteiger charge is -1.91. The molecule has 0 unspecified atom stereocenters. The van der Waals surface area contributed by atoms with Crippen LogP contribution in [-0.2, 0) is 6.61 Å². The largest absolute Gasteiger partial charge is 0.388 e. The Kier molecular flexibility index (Phi) is 6.13. The Hall–Kier alpha value is -1.63. The van der Waals surface area contributed by atoms with Gasteiger partial charge in [-0.05, 0) is 12.1 Å². The molecule has 8 heteroatoms. The van der Waals surface area contributed by atoms with Gasteiger partial charge in [-0.15, -0.1) is 0 Å². The van der Waals surface area contributed by atoms with Crippen LogP contribution in [0.15, 0.2) is 24.5 Å². The molecular weight excluding hydrogens is 279 g/mol. The zero-order valence-corrected chi connectivity index (χ0v) is 10.5. The second kappa shape index (κ2) is 7.65. The molecule has 0 aliphatic carbocycles. The molecule has 0 saturated carbocycles. The first-order valence-electron chi connectivity index (χ1n) is 4.67. The average Bonchev–Trinajstić information content (AvgIpc) is 2.39. The van der Waals surface area contributed by atoms with Crippen molar-refractivity contribution in [3.63, 3.8) is 0 Å². The molecule has 0 spiro atoms. The molecule has 2 rings (SSSR count). The summed E-state index contributed by atoms with van der Waals surface area (Å²) >= 11 is 10.9. The summed E-state index contributed by atoms with van der Waals surface area (Å²) in [7, 11) is 0. The SMILES string of the molecule is O=Cc1nccc(Cl)n1.OCc1nccc(Cl)n1. The van der Waals surface area contributed by atoms with Crippen molar-refractivity contribution >= 4 is 29.5 Å². The van der Waals surface area contributed by atoms with Crippen molar-refractivity contribution in [1.82, 2.24) is 19.9 Å². The van der Waals surface area contributed by atoms with E-state index in [-0.39, 0.29) is 17.6 Å². The van der Waals surface area contributed by atoms with E-state index in [0.717, 1.165) is 0 Å². The maximum absolute atomic E-state index is 9.98. The third-order valence-corrected chi connectivity index (χ3v) is 1.98. The number of hydrogen-bond acceptors (Lipinski definition) is 6. The minimum Gasteiger partial charge on any atom is -0.388 e. The molecular formula is C10H8Cl2N4O2. The minimum atomic E-state index is -0.166. The lowest BCUT2D eigenvalue weighted by Crippen LogP contribution is -1.91. The lowest BCUT2D eigenvalue weighted by atomic mass is 10.6. The maximum atomic E-state index is 9.98. The Balaban J connectivity index is 0.000000180. The second-order valence-corrected chi connectivity index (χ2v) is 3.58. The topological polar surface area (TPSA) is 88.9 Å². The van der Waals surface area contributed by atoms with Crippen LogP contribution >= 0.6 is 23.2 Å². The number of carbonyl (C=O) groups excluding carboxylic acids is 1. The molecule has 2 aromatic rings. The predicted octanol–water partition coefficient (Wildman–Crippen LogP) is 1.56. The highest BCUT2D eigenvalue weighted by molar-refractivity contribution is 6.29. The molecule has 1 N–H and O–H groups in total. The first-order valence-corrected chi connectivity index (χ1v) is 5.43. The normalized spacial score (nSPS) is 9.28. The molecule has 0 saturated heterocycles. The Morgan fingerprint density at radius 2 is 1.72 bits per heavy atom. The van der Waals surface area contributed by atoms with Gasteiger partial charge in [0.1, 0.15) is 16.9 Å². The summed E-state index contributed by atoms with van der Waals surface area (Å²) < 4.78 is 0. The van der Waals surface area contributed by atoms with E-state index < -0.39 is 0 Å². The highest BCUT2D eigenvalue weighted by Gasteiger charge is 1.92. The molecule has 0 bridgehead atoms. The Morgan fingerprint density at radius 1 is 1.11 bits per heavy atom. The number of hydrogen-bond donors (Lipinski definition) is 1. The molecule has 0 aromatic carbocycles. The molecule has 94 valence electrons. The molecule has 2 heterocycles. The highest BCUT2D eigenvalue weighted by Crippen LogP contribution is 2.01. The number of nitrogens with zero attached hydrogens (tertiary/aromatic N) is 4. The lowest BCUT2D eigenvalue weighted by molar-refractivity contribution is 0.111. The van der Waals surface area contributed by atoms with Crippen molar-refractivity contribution in [2.24, 2.45) is 0 Å². The van der Waals surface area contributed by atoms with E-state index in [1.807, 2.05) is 0 Å². The Bertz CT molecular complexity index is 525. The zero-order chi connectivity index (χ0) is 13.4. The van der Waals surface area contributed by atoms with Crippen LogP contribution in [0.4, 0.5) is 0 Å². The van der Waals surface area contributed by atoms with Gasteiger partial charge in [-0.2, -0.15) is 0 Å². The van der Waals surface area contributed by atoms with Crippen molar-refractivity contribution in [3.8, 4) is 0 Å². The van der Waals surface area contributed by atoms with Gasteiger partial charge in [0.15, 0.2) is 17.9 Å². The quantitative estimate of drug-likeness (QED) is 0.666. The van der Waals surface area contributed by atoms with E-state index in [1.54, 1.807) is 6.07 Å². The van der Waals surface area contributed by atoms with Crippen molar-refractivity contribution in [2.45, 2.75) is 6.61 Å². The summed E-state index contributed by atoms with van der Waals surface area (Å²) in [5.74, 6) is 0.463. The number of aliphatic hydroxyl groups excluding tert-OH is 1.